The van der Waals surface area contributed by atoms with E-state index in [9.17, 15) is 4.79 Å². The first-order valence-electron chi connectivity index (χ1n) is 9.14. The SMILES string of the molecule is CCCCCCCCCCCC1OC1C=CC=CC=CC(=O)O. The number of carboxylic acids is 1. The van der Waals surface area contributed by atoms with Gasteiger partial charge >= 0.3 is 5.97 Å². The standard InChI is InChI=1S/C20H32O3/c1-2-3-4-5-6-7-8-9-12-15-18-19(23-18)16-13-10-11-14-17-20(21)22/h10-11,13-14,16-19H,2-9,12,15H2,1H3,(H,21,22). The predicted octanol–water partition coefficient (Wildman–Crippen LogP) is 5.43. The van der Waals surface area contributed by atoms with E-state index >= 15 is 0 Å². The van der Waals surface area contributed by atoms with E-state index in [1.54, 1.807) is 6.08 Å². The van der Waals surface area contributed by atoms with Crippen LogP contribution in [0, 0.1) is 0 Å². The zero-order valence-electron chi connectivity index (χ0n) is 14.5. The quantitative estimate of drug-likeness (QED) is 0.201. The summed E-state index contributed by atoms with van der Waals surface area (Å²) in [5.41, 5.74) is 0. The Morgan fingerprint density at radius 2 is 1.52 bits per heavy atom. The highest BCUT2D eigenvalue weighted by molar-refractivity contribution is 5.80. The number of hydrogen-bond acceptors (Lipinski definition) is 2. The van der Waals surface area contributed by atoms with Crippen molar-refractivity contribution in [2.24, 2.45) is 0 Å². The zero-order chi connectivity index (χ0) is 16.8. The third-order valence-corrected chi connectivity index (χ3v) is 4.09. The molecule has 23 heavy (non-hydrogen) atoms. The Labute approximate surface area is 141 Å². The average molecular weight is 320 g/mol. The number of allylic oxidation sites excluding steroid dienone is 4. The third-order valence-electron chi connectivity index (χ3n) is 4.09. The monoisotopic (exact) mass is 320 g/mol. The van der Waals surface area contributed by atoms with Crippen molar-refractivity contribution in [1.82, 2.24) is 0 Å². The molecule has 3 heteroatoms. The van der Waals surface area contributed by atoms with Crippen LogP contribution in [0.4, 0.5) is 0 Å². The first-order valence-corrected chi connectivity index (χ1v) is 9.14. The summed E-state index contributed by atoms with van der Waals surface area (Å²) in [5, 5.41) is 8.43. The lowest BCUT2D eigenvalue weighted by Gasteiger charge is -2.00. The van der Waals surface area contributed by atoms with E-state index in [2.05, 4.69) is 6.92 Å². The van der Waals surface area contributed by atoms with Gasteiger partial charge in [-0.25, -0.2) is 4.79 Å². The van der Waals surface area contributed by atoms with Crippen LogP contribution in [-0.4, -0.2) is 23.3 Å². The van der Waals surface area contributed by atoms with Crippen molar-refractivity contribution >= 4 is 5.97 Å². The Hall–Kier alpha value is -1.35. The molecule has 0 aliphatic carbocycles. The van der Waals surface area contributed by atoms with E-state index in [0.717, 1.165) is 12.5 Å². The van der Waals surface area contributed by atoms with Gasteiger partial charge < -0.3 is 9.84 Å². The number of aliphatic carboxylic acids is 1. The number of carbonyl (C=O) groups is 1. The predicted molar refractivity (Wildman–Crippen MR) is 95.6 cm³/mol. The fraction of sp³-hybridized carbons (Fsp3) is 0.650. The Balaban J connectivity index is 1.90. The summed E-state index contributed by atoms with van der Waals surface area (Å²) in [6.45, 7) is 2.26. The number of hydrogen-bond donors (Lipinski definition) is 1. The number of ether oxygens (including phenoxy) is 1. The van der Waals surface area contributed by atoms with Crippen LogP contribution in [-0.2, 0) is 9.53 Å². The van der Waals surface area contributed by atoms with Crippen LogP contribution in [0.15, 0.2) is 36.5 Å². The molecule has 0 aromatic rings. The minimum absolute atomic E-state index is 0.261. The van der Waals surface area contributed by atoms with Gasteiger partial charge in [0.25, 0.3) is 0 Å². The molecule has 2 atom stereocenters. The summed E-state index contributed by atoms with van der Waals surface area (Å²) >= 11 is 0. The maximum atomic E-state index is 10.3. The smallest absolute Gasteiger partial charge is 0.328 e. The number of unbranched alkanes of at least 4 members (excludes halogenated alkanes) is 8. The number of rotatable bonds is 14. The van der Waals surface area contributed by atoms with Crippen molar-refractivity contribution in [2.45, 2.75) is 83.3 Å². The van der Waals surface area contributed by atoms with Crippen LogP contribution in [0.1, 0.15) is 71.1 Å². The van der Waals surface area contributed by atoms with Crippen molar-refractivity contribution < 1.29 is 14.6 Å². The first kappa shape index (κ1) is 19.7. The summed E-state index contributed by atoms with van der Waals surface area (Å²) < 4.78 is 5.60. The summed E-state index contributed by atoms with van der Waals surface area (Å²) in [5.74, 6) is -0.926. The summed E-state index contributed by atoms with van der Waals surface area (Å²) in [4.78, 5) is 10.3. The molecule has 1 rings (SSSR count). The Bertz CT molecular complexity index is 396. The van der Waals surface area contributed by atoms with E-state index in [0.29, 0.717) is 6.10 Å². The van der Waals surface area contributed by atoms with E-state index in [1.807, 2.05) is 18.2 Å². The highest BCUT2D eigenvalue weighted by atomic mass is 16.6. The minimum atomic E-state index is -0.926. The van der Waals surface area contributed by atoms with Gasteiger partial charge in [-0.05, 0) is 6.42 Å². The molecule has 1 fully saturated rings. The molecular formula is C20H32O3. The van der Waals surface area contributed by atoms with Gasteiger partial charge in [0.1, 0.15) is 6.10 Å². The van der Waals surface area contributed by atoms with Crippen molar-refractivity contribution in [3.8, 4) is 0 Å². The molecule has 1 N–H and O–H groups in total. The maximum absolute atomic E-state index is 10.3. The van der Waals surface area contributed by atoms with Crippen molar-refractivity contribution in [3.05, 3.63) is 36.5 Å². The van der Waals surface area contributed by atoms with Crippen LogP contribution in [0.3, 0.4) is 0 Å². The van der Waals surface area contributed by atoms with Gasteiger partial charge in [0.05, 0.1) is 6.10 Å². The van der Waals surface area contributed by atoms with Gasteiger partial charge in [-0.3, -0.25) is 0 Å². The molecule has 2 unspecified atom stereocenters. The fourth-order valence-electron chi connectivity index (χ4n) is 2.65. The first-order chi connectivity index (χ1) is 11.2. The average Bonchev–Trinajstić information content (AvgIpc) is 3.27. The molecule has 130 valence electrons. The fourth-order valence-corrected chi connectivity index (χ4v) is 2.65. The largest absolute Gasteiger partial charge is 0.478 e. The molecule has 3 nitrogen and oxygen atoms in total. The molecule has 1 aliphatic heterocycles. The van der Waals surface area contributed by atoms with Crippen molar-refractivity contribution in [3.63, 3.8) is 0 Å². The molecule has 0 aromatic heterocycles. The lowest BCUT2D eigenvalue weighted by atomic mass is 10.1. The van der Waals surface area contributed by atoms with Crippen LogP contribution >= 0.6 is 0 Å². The third kappa shape index (κ3) is 11.8. The van der Waals surface area contributed by atoms with E-state index in [4.69, 9.17) is 9.84 Å². The highest BCUT2D eigenvalue weighted by Crippen LogP contribution is 2.28. The van der Waals surface area contributed by atoms with Gasteiger partial charge in [0.2, 0.25) is 0 Å². The number of epoxide rings is 1. The Kier molecular flexibility index (Phi) is 11.2. The van der Waals surface area contributed by atoms with E-state index < -0.39 is 5.97 Å². The van der Waals surface area contributed by atoms with Gasteiger partial charge in [-0.1, -0.05) is 95.1 Å². The molecule has 0 bridgehead atoms. The minimum Gasteiger partial charge on any atom is -0.478 e. The van der Waals surface area contributed by atoms with E-state index in [-0.39, 0.29) is 6.10 Å². The molecule has 1 aliphatic rings. The van der Waals surface area contributed by atoms with E-state index in [1.165, 1.54) is 63.9 Å². The molecule has 0 radical (unpaired) electrons. The summed E-state index contributed by atoms with van der Waals surface area (Å²) in [6.07, 6.45) is 24.2. The molecule has 0 spiro atoms. The Morgan fingerprint density at radius 1 is 0.913 bits per heavy atom. The second-order valence-electron chi connectivity index (χ2n) is 6.22. The second kappa shape index (κ2) is 13.1. The molecule has 0 saturated carbocycles. The number of carboxylic acid groups (broad SMARTS) is 1. The van der Waals surface area contributed by atoms with Crippen molar-refractivity contribution in [1.29, 1.82) is 0 Å². The molecule has 0 aromatic carbocycles. The summed E-state index contributed by atoms with van der Waals surface area (Å²) in [7, 11) is 0. The van der Waals surface area contributed by atoms with Crippen LogP contribution in [0.25, 0.3) is 0 Å². The lowest BCUT2D eigenvalue weighted by molar-refractivity contribution is -0.131. The topological polar surface area (TPSA) is 49.8 Å². The molecule has 0 amide bonds. The van der Waals surface area contributed by atoms with Gasteiger partial charge in [0.15, 0.2) is 0 Å². The zero-order valence-corrected chi connectivity index (χ0v) is 14.5. The molecule has 1 saturated heterocycles. The van der Waals surface area contributed by atoms with Gasteiger partial charge in [-0.2, -0.15) is 0 Å². The highest BCUT2D eigenvalue weighted by Gasteiger charge is 2.35. The summed E-state index contributed by atoms with van der Waals surface area (Å²) in [6, 6.07) is 0. The van der Waals surface area contributed by atoms with Gasteiger partial charge in [0, 0.05) is 6.08 Å². The second-order valence-corrected chi connectivity index (χ2v) is 6.22. The molecular weight excluding hydrogens is 288 g/mol. The van der Waals surface area contributed by atoms with Gasteiger partial charge in [-0.15, -0.1) is 0 Å². The molecule has 1 heterocycles. The van der Waals surface area contributed by atoms with Crippen LogP contribution < -0.4 is 0 Å². The lowest BCUT2D eigenvalue weighted by Crippen LogP contribution is -1.91. The van der Waals surface area contributed by atoms with Crippen molar-refractivity contribution in [2.75, 3.05) is 0 Å². The maximum Gasteiger partial charge on any atom is 0.328 e. The Morgan fingerprint density at radius 3 is 2.17 bits per heavy atom. The van der Waals surface area contributed by atoms with Crippen LogP contribution in [0.5, 0.6) is 0 Å². The normalized spacial score (nSPS) is 20.9. The van der Waals surface area contributed by atoms with Crippen LogP contribution in [0.2, 0.25) is 0 Å².